The van der Waals surface area contributed by atoms with E-state index in [2.05, 4.69) is 4.99 Å². The quantitative estimate of drug-likeness (QED) is 0.616. The van der Waals surface area contributed by atoms with Crippen molar-refractivity contribution >= 4 is 34.5 Å². The summed E-state index contributed by atoms with van der Waals surface area (Å²) in [5, 5.41) is 0.318. The minimum absolute atomic E-state index is 0.230. The van der Waals surface area contributed by atoms with Crippen LogP contribution in [0.5, 0.6) is 5.75 Å². The number of nitrogens with zero attached hydrogens (tertiary/aromatic N) is 1. The number of carbonyl (C=O) groups excluding carboxylic acids is 1. The lowest BCUT2D eigenvalue weighted by Gasteiger charge is -2.02. The Kier molecular flexibility index (Phi) is 4.55. The number of benzene rings is 2. The van der Waals surface area contributed by atoms with Gasteiger partial charge in [0.05, 0.1) is 0 Å². The van der Waals surface area contributed by atoms with Crippen LogP contribution in [0.15, 0.2) is 59.6 Å². The van der Waals surface area contributed by atoms with E-state index in [0.29, 0.717) is 16.3 Å². The van der Waals surface area contributed by atoms with E-state index >= 15 is 0 Å². The molecule has 0 fully saturated rings. The van der Waals surface area contributed by atoms with Gasteiger partial charge in [0.15, 0.2) is 0 Å². The van der Waals surface area contributed by atoms with Gasteiger partial charge in [-0.25, -0.2) is 0 Å². The van der Waals surface area contributed by atoms with E-state index in [4.69, 9.17) is 27.9 Å². The molecule has 0 aromatic heterocycles. The molecule has 2 rings (SSSR count). The number of rotatable bonds is 2. The fourth-order valence-electron chi connectivity index (χ4n) is 1.35. The summed E-state index contributed by atoms with van der Waals surface area (Å²) in [6.45, 7) is 0. The van der Waals surface area contributed by atoms with Gasteiger partial charge in [-0.05, 0) is 48.0 Å². The number of carbonyl (C=O) groups is 1. The first-order valence-electron chi connectivity index (χ1n) is 5.42. The van der Waals surface area contributed by atoms with Gasteiger partial charge in [-0.15, -0.1) is 0 Å². The highest BCUT2D eigenvalue weighted by molar-refractivity contribution is 6.64. The Balaban J connectivity index is 2.08. The van der Waals surface area contributed by atoms with Gasteiger partial charge in [0, 0.05) is 10.6 Å². The fraction of sp³-hybridized carbons (Fsp3) is 0. The van der Waals surface area contributed by atoms with Gasteiger partial charge in [-0.2, -0.15) is 4.99 Å². The van der Waals surface area contributed by atoms with E-state index in [1.807, 2.05) is 6.07 Å². The first-order valence-corrected chi connectivity index (χ1v) is 6.18. The third-order valence-electron chi connectivity index (χ3n) is 2.23. The number of ether oxygens (including phenoxy) is 1. The van der Waals surface area contributed by atoms with E-state index in [1.54, 1.807) is 48.5 Å². The zero-order valence-corrected chi connectivity index (χ0v) is 11.2. The van der Waals surface area contributed by atoms with Crippen LogP contribution in [-0.2, 0) is 0 Å². The molecule has 0 bridgehead atoms. The van der Waals surface area contributed by atoms with Crippen molar-refractivity contribution in [1.82, 2.24) is 0 Å². The summed E-state index contributed by atoms with van der Waals surface area (Å²) < 4.78 is 5.20. The summed E-state index contributed by atoms with van der Waals surface area (Å²) in [6, 6.07) is 15.2. The highest BCUT2D eigenvalue weighted by Gasteiger charge is 2.06. The number of hydrogen-bond donors (Lipinski definition) is 0. The van der Waals surface area contributed by atoms with Gasteiger partial charge in [0.1, 0.15) is 5.75 Å². The predicted octanol–water partition coefficient (Wildman–Crippen LogP) is 4.15. The number of aliphatic imine (C=N–C) groups is 1. The number of halogens is 2. The van der Waals surface area contributed by atoms with Crippen LogP contribution >= 0.6 is 23.2 Å². The Morgan fingerprint density at radius 2 is 1.63 bits per heavy atom. The van der Waals surface area contributed by atoms with Crippen LogP contribution in [0.3, 0.4) is 0 Å². The summed E-state index contributed by atoms with van der Waals surface area (Å²) in [7, 11) is 0. The number of para-hydroxylation sites is 1. The zero-order chi connectivity index (χ0) is 13.7. The van der Waals surface area contributed by atoms with Crippen LogP contribution in [0.2, 0.25) is 5.02 Å². The van der Waals surface area contributed by atoms with Crippen molar-refractivity contribution in [2.75, 3.05) is 0 Å². The second-order valence-electron chi connectivity index (χ2n) is 3.59. The molecule has 0 spiro atoms. The molecule has 0 saturated carbocycles. The van der Waals surface area contributed by atoms with E-state index in [-0.39, 0.29) is 5.36 Å². The molecule has 19 heavy (non-hydrogen) atoms. The van der Waals surface area contributed by atoms with Crippen molar-refractivity contribution in [2.24, 2.45) is 4.99 Å². The van der Waals surface area contributed by atoms with Crippen LogP contribution in [0.1, 0.15) is 10.4 Å². The molecule has 1 amide bonds. The molecule has 3 nitrogen and oxygen atoms in total. The molecular weight excluding hydrogens is 285 g/mol. The fourth-order valence-corrected chi connectivity index (χ4v) is 1.64. The topological polar surface area (TPSA) is 38.7 Å². The van der Waals surface area contributed by atoms with Crippen LogP contribution in [0.4, 0.5) is 0 Å². The van der Waals surface area contributed by atoms with Gasteiger partial charge in [-0.1, -0.05) is 29.8 Å². The smallest absolute Gasteiger partial charge is 0.295 e. The monoisotopic (exact) mass is 293 g/mol. The third kappa shape index (κ3) is 4.09. The first-order chi connectivity index (χ1) is 9.15. The average Bonchev–Trinajstić information content (AvgIpc) is 2.40. The normalized spacial score (nSPS) is 11.2. The second kappa shape index (κ2) is 6.36. The summed E-state index contributed by atoms with van der Waals surface area (Å²) in [4.78, 5) is 15.4. The van der Waals surface area contributed by atoms with Gasteiger partial charge in [0.2, 0.25) is 0 Å². The van der Waals surface area contributed by atoms with E-state index in [9.17, 15) is 4.79 Å². The molecular formula is C14H9Cl2NO2. The Morgan fingerprint density at radius 1 is 1.00 bits per heavy atom. The number of amides is 1. The molecule has 0 radical (unpaired) electrons. The van der Waals surface area contributed by atoms with Crippen LogP contribution in [0, 0.1) is 0 Å². The Hall–Kier alpha value is -1.84. The van der Waals surface area contributed by atoms with E-state index in [1.165, 1.54) is 0 Å². The van der Waals surface area contributed by atoms with Crippen LogP contribution < -0.4 is 4.74 Å². The Labute approximate surface area is 120 Å². The molecule has 2 aromatic carbocycles. The van der Waals surface area contributed by atoms with E-state index in [0.717, 1.165) is 0 Å². The molecule has 5 heteroatoms. The number of hydrogen-bond acceptors (Lipinski definition) is 2. The largest absolute Gasteiger partial charge is 0.430 e. The summed E-state index contributed by atoms with van der Waals surface area (Å²) in [5.41, 5.74) is 0.388. The van der Waals surface area contributed by atoms with Gasteiger partial charge in [0.25, 0.3) is 11.3 Å². The second-order valence-corrected chi connectivity index (χ2v) is 4.35. The first kappa shape index (κ1) is 13.6. The molecule has 0 heterocycles. The van der Waals surface area contributed by atoms with E-state index < -0.39 is 5.91 Å². The van der Waals surface area contributed by atoms with Crippen LogP contribution in [0.25, 0.3) is 0 Å². The lowest BCUT2D eigenvalue weighted by Crippen LogP contribution is -2.05. The molecule has 96 valence electrons. The molecule has 0 aliphatic heterocycles. The lowest BCUT2D eigenvalue weighted by molar-refractivity contribution is 0.100. The van der Waals surface area contributed by atoms with Gasteiger partial charge < -0.3 is 4.74 Å². The van der Waals surface area contributed by atoms with Crippen molar-refractivity contribution in [1.29, 1.82) is 0 Å². The minimum Gasteiger partial charge on any atom is -0.430 e. The van der Waals surface area contributed by atoms with Crippen molar-refractivity contribution in [3.8, 4) is 5.75 Å². The molecule has 0 N–H and O–H groups in total. The molecule has 0 aliphatic rings. The summed E-state index contributed by atoms with van der Waals surface area (Å²) in [5.74, 6) is 0.0257. The standard InChI is InChI=1S/C14H9Cl2NO2/c15-11-8-6-10(7-9-11)13(18)17-14(16)19-12-4-2-1-3-5-12/h1-9H. The maximum atomic E-state index is 11.8. The minimum atomic E-state index is -0.488. The van der Waals surface area contributed by atoms with Crippen molar-refractivity contribution < 1.29 is 9.53 Å². The maximum absolute atomic E-state index is 11.8. The predicted molar refractivity (Wildman–Crippen MR) is 76.1 cm³/mol. The summed E-state index contributed by atoms with van der Waals surface area (Å²) >= 11 is 11.5. The third-order valence-corrected chi connectivity index (χ3v) is 2.64. The SMILES string of the molecule is O=C(N=C(Cl)Oc1ccccc1)c1ccc(Cl)cc1. The maximum Gasteiger partial charge on any atom is 0.295 e. The van der Waals surface area contributed by atoms with Crippen molar-refractivity contribution in [3.05, 3.63) is 65.2 Å². The molecule has 0 saturated heterocycles. The molecule has 2 aromatic rings. The Bertz CT molecular complexity index is 595. The summed E-state index contributed by atoms with van der Waals surface area (Å²) in [6.07, 6.45) is 0. The van der Waals surface area contributed by atoms with Gasteiger partial charge >= 0.3 is 0 Å². The van der Waals surface area contributed by atoms with Crippen LogP contribution in [-0.4, -0.2) is 11.3 Å². The van der Waals surface area contributed by atoms with Gasteiger partial charge in [-0.3, -0.25) is 4.79 Å². The molecule has 0 unspecified atom stereocenters. The lowest BCUT2D eigenvalue weighted by atomic mass is 10.2. The highest BCUT2D eigenvalue weighted by atomic mass is 35.5. The Morgan fingerprint density at radius 3 is 2.26 bits per heavy atom. The van der Waals surface area contributed by atoms with Crippen molar-refractivity contribution in [3.63, 3.8) is 0 Å². The highest BCUT2D eigenvalue weighted by Crippen LogP contribution is 2.13. The molecule has 0 aliphatic carbocycles. The average molecular weight is 294 g/mol. The van der Waals surface area contributed by atoms with Crippen molar-refractivity contribution in [2.45, 2.75) is 0 Å². The zero-order valence-electron chi connectivity index (χ0n) is 9.72. The molecule has 0 atom stereocenters.